The smallest absolute Gasteiger partial charge is 0.255 e. The van der Waals surface area contributed by atoms with E-state index >= 15 is 0 Å². The SMILES string of the molecule is C[C@H](NC(=O)c1cn[nH]c1-c1ccc2c(c1)OCCO2)c1ccco1. The van der Waals surface area contributed by atoms with Crippen molar-refractivity contribution in [1.82, 2.24) is 15.5 Å². The number of aromatic amines is 1. The summed E-state index contributed by atoms with van der Waals surface area (Å²) in [6, 6.07) is 8.91. The van der Waals surface area contributed by atoms with Crippen LogP contribution in [0.15, 0.2) is 47.2 Å². The first-order valence-electron chi connectivity index (χ1n) is 8.00. The summed E-state index contributed by atoms with van der Waals surface area (Å²) in [6.07, 6.45) is 3.09. The number of nitrogens with zero attached hydrogens (tertiary/aromatic N) is 1. The highest BCUT2D eigenvalue weighted by atomic mass is 16.6. The molecule has 1 aliphatic rings. The molecule has 0 saturated heterocycles. The number of furan rings is 1. The van der Waals surface area contributed by atoms with E-state index in [9.17, 15) is 4.79 Å². The van der Waals surface area contributed by atoms with Crippen molar-refractivity contribution in [3.05, 3.63) is 54.1 Å². The molecule has 3 aromatic rings. The molecule has 7 nitrogen and oxygen atoms in total. The fourth-order valence-electron chi connectivity index (χ4n) is 2.76. The minimum absolute atomic E-state index is 0.234. The number of carbonyl (C=O) groups is 1. The Morgan fingerprint density at radius 3 is 2.88 bits per heavy atom. The normalized spacial score (nSPS) is 14.1. The zero-order chi connectivity index (χ0) is 17.2. The molecule has 0 unspecified atom stereocenters. The Labute approximate surface area is 143 Å². The molecule has 0 spiro atoms. The molecule has 1 amide bonds. The fraction of sp³-hybridized carbons (Fsp3) is 0.222. The Hall–Kier alpha value is -3.22. The van der Waals surface area contributed by atoms with Crippen LogP contribution >= 0.6 is 0 Å². The molecular weight excluding hydrogens is 322 g/mol. The number of rotatable bonds is 4. The van der Waals surface area contributed by atoms with E-state index in [1.807, 2.05) is 31.2 Å². The van der Waals surface area contributed by atoms with Gasteiger partial charge in [0, 0.05) is 5.56 Å². The van der Waals surface area contributed by atoms with Gasteiger partial charge in [0.25, 0.3) is 5.91 Å². The molecule has 25 heavy (non-hydrogen) atoms. The van der Waals surface area contributed by atoms with E-state index in [2.05, 4.69) is 15.5 Å². The average molecular weight is 339 g/mol. The zero-order valence-corrected chi connectivity index (χ0v) is 13.6. The summed E-state index contributed by atoms with van der Waals surface area (Å²) in [7, 11) is 0. The lowest BCUT2D eigenvalue weighted by molar-refractivity contribution is 0.0936. The summed E-state index contributed by atoms with van der Waals surface area (Å²) >= 11 is 0. The van der Waals surface area contributed by atoms with Gasteiger partial charge in [-0.2, -0.15) is 5.10 Å². The molecule has 2 aromatic heterocycles. The average Bonchev–Trinajstić information content (AvgIpc) is 3.33. The molecule has 0 fully saturated rings. The van der Waals surface area contributed by atoms with Crippen LogP contribution in [0.2, 0.25) is 0 Å². The molecule has 0 aliphatic carbocycles. The third kappa shape index (κ3) is 2.96. The number of ether oxygens (including phenoxy) is 2. The third-order valence-corrected chi connectivity index (χ3v) is 4.03. The molecule has 1 aliphatic heterocycles. The zero-order valence-electron chi connectivity index (χ0n) is 13.6. The van der Waals surface area contributed by atoms with Gasteiger partial charge >= 0.3 is 0 Å². The predicted octanol–water partition coefficient (Wildman–Crippen LogP) is 2.93. The number of hydrogen-bond acceptors (Lipinski definition) is 5. The molecule has 4 rings (SSSR count). The first-order chi connectivity index (χ1) is 12.2. The van der Waals surface area contributed by atoms with Crippen molar-refractivity contribution in [2.75, 3.05) is 13.2 Å². The topological polar surface area (TPSA) is 89.4 Å². The standard InChI is InChI=1S/C18H17N3O4/c1-11(14-3-2-6-23-14)20-18(22)13-10-19-21-17(13)12-4-5-15-16(9-12)25-8-7-24-15/h2-6,9-11H,7-8H2,1H3,(H,19,21)(H,20,22)/t11-/m0/s1. The predicted molar refractivity (Wildman–Crippen MR) is 89.6 cm³/mol. The van der Waals surface area contributed by atoms with E-state index in [4.69, 9.17) is 13.9 Å². The lowest BCUT2D eigenvalue weighted by Crippen LogP contribution is -2.26. The van der Waals surface area contributed by atoms with E-state index in [0.29, 0.717) is 41.7 Å². The van der Waals surface area contributed by atoms with E-state index in [1.54, 1.807) is 12.3 Å². The highest BCUT2D eigenvalue weighted by Gasteiger charge is 2.20. The maximum absolute atomic E-state index is 12.6. The Bertz CT molecular complexity index is 886. The minimum Gasteiger partial charge on any atom is -0.486 e. The molecular formula is C18H17N3O4. The maximum atomic E-state index is 12.6. The maximum Gasteiger partial charge on any atom is 0.255 e. The fourth-order valence-corrected chi connectivity index (χ4v) is 2.76. The quantitative estimate of drug-likeness (QED) is 0.763. The Balaban J connectivity index is 1.59. The monoisotopic (exact) mass is 339 g/mol. The molecule has 0 bridgehead atoms. The number of nitrogens with one attached hydrogen (secondary N) is 2. The number of H-pyrrole nitrogens is 1. The van der Waals surface area contributed by atoms with Crippen molar-refractivity contribution in [2.24, 2.45) is 0 Å². The van der Waals surface area contributed by atoms with Crippen LogP contribution in [0.3, 0.4) is 0 Å². The van der Waals surface area contributed by atoms with Gasteiger partial charge in [-0.05, 0) is 37.3 Å². The summed E-state index contributed by atoms with van der Waals surface area (Å²) < 4.78 is 16.5. The number of amides is 1. The number of hydrogen-bond donors (Lipinski definition) is 2. The van der Waals surface area contributed by atoms with Crippen LogP contribution in [0.4, 0.5) is 0 Å². The van der Waals surface area contributed by atoms with Crippen molar-refractivity contribution in [1.29, 1.82) is 0 Å². The van der Waals surface area contributed by atoms with Gasteiger partial charge in [-0.1, -0.05) is 0 Å². The van der Waals surface area contributed by atoms with Crippen molar-refractivity contribution in [2.45, 2.75) is 13.0 Å². The minimum atomic E-state index is -0.245. The van der Waals surface area contributed by atoms with Crippen molar-refractivity contribution in [3.8, 4) is 22.8 Å². The first-order valence-corrected chi connectivity index (χ1v) is 8.00. The number of benzene rings is 1. The van der Waals surface area contributed by atoms with Gasteiger partial charge in [0.2, 0.25) is 0 Å². The van der Waals surface area contributed by atoms with Crippen molar-refractivity contribution in [3.63, 3.8) is 0 Å². The van der Waals surface area contributed by atoms with Crippen LogP contribution in [0.1, 0.15) is 29.1 Å². The highest BCUT2D eigenvalue weighted by molar-refractivity contribution is 6.00. The highest BCUT2D eigenvalue weighted by Crippen LogP contribution is 2.34. The van der Waals surface area contributed by atoms with Gasteiger partial charge in [-0.15, -0.1) is 0 Å². The van der Waals surface area contributed by atoms with Crippen molar-refractivity contribution >= 4 is 5.91 Å². The molecule has 0 radical (unpaired) electrons. The molecule has 0 saturated carbocycles. The van der Waals surface area contributed by atoms with Gasteiger partial charge in [0.1, 0.15) is 19.0 Å². The Morgan fingerprint density at radius 2 is 2.08 bits per heavy atom. The number of carbonyl (C=O) groups excluding carboxylic acids is 1. The second kappa shape index (κ2) is 6.35. The van der Waals surface area contributed by atoms with E-state index in [0.717, 1.165) is 5.56 Å². The second-order valence-electron chi connectivity index (χ2n) is 5.73. The summed E-state index contributed by atoms with van der Waals surface area (Å²) in [5, 5.41) is 9.82. The van der Waals surface area contributed by atoms with Crippen LogP contribution < -0.4 is 14.8 Å². The van der Waals surface area contributed by atoms with Crippen LogP contribution in [0, 0.1) is 0 Å². The summed E-state index contributed by atoms with van der Waals surface area (Å²) in [6.45, 7) is 2.91. The van der Waals surface area contributed by atoms with Crippen LogP contribution in [0.5, 0.6) is 11.5 Å². The number of aromatic nitrogens is 2. The van der Waals surface area contributed by atoms with Crippen LogP contribution in [-0.4, -0.2) is 29.3 Å². The van der Waals surface area contributed by atoms with Gasteiger partial charge in [0.15, 0.2) is 11.5 Å². The molecule has 1 atom stereocenters. The lowest BCUT2D eigenvalue weighted by atomic mass is 10.1. The first kappa shape index (κ1) is 15.3. The van der Waals surface area contributed by atoms with Gasteiger partial charge in [0.05, 0.1) is 29.8 Å². The van der Waals surface area contributed by atoms with E-state index in [-0.39, 0.29) is 11.9 Å². The summed E-state index contributed by atoms with van der Waals surface area (Å²) in [5.41, 5.74) is 1.88. The van der Waals surface area contributed by atoms with E-state index in [1.165, 1.54) is 6.20 Å². The van der Waals surface area contributed by atoms with Crippen molar-refractivity contribution < 1.29 is 18.7 Å². The van der Waals surface area contributed by atoms with Crippen LogP contribution in [0.25, 0.3) is 11.3 Å². The summed E-state index contributed by atoms with van der Waals surface area (Å²) in [4.78, 5) is 12.6. The Kier molecular flexibility index (Phi) is 3.89. The largest absolute Gasteiger partial charge is 0.486 e. The molecule has 7 heteroatoms. The Morgan fingerprint density at radius 1 is 1.24 bits per heavy atom. The molecule has 128 valence electrons. The van der Waals surface area contributed by atoms with Crippen LogP contribution in [-0.2, 0) is 0 Å². The lowest BCUT2D eigenvalue weighted by Gasteiger charge is -2.19. The summed E-state index contributed by atoms with van der Waals surface area (Å²) in [5.74, 6) is 1.82. The van der Waals surface area contributed by atoms with Gasteiger partial charge < -0.3 is 19.2 Å². The van der Waals surface area contributed by atoms with E-state index < -0.39 is 0 Å². The molecule has 2 N–H and O–H groups in total. The van der Waals surface area contributed by atoms with Gasteiger partial charge in [-0.25, -0.2) is 0 Å². The molecule has 3 heterocycles. The van der Waals surface area contributed by atoms with Gasteiger partial charge in [-0.3, -0.25) is 9.89 Å². The molecule has 1 aromatic carbocycles. The number of fused-ring (bicyclic) bond motifs is 1. The second-order valence-corrected chi connectivity index (χ2v) is 5.73. The third-order valence-electron chi connectivity index (χ3n) is 4.03.